The molecule has 0 saturated heterocycles. The van der Waals surface area contributed by atoms with Crippen LogP contribution in [0.1, 0.15) is 1.43 Å². The van der Waals surface area contributed by atoms with Crippen LogP contribution in [0.15, 0.2) is 0 Å². The first-order chi connectivity index (χ1) is 0. The van der Waals surface area contributed by atoms with Crippen molar-refractivity contribution >= 4 is 0 Å². The molecule has 0 fully saturated rings. The molecule has 2 radical (unpaired) electrons. The van der Waals surface area contributed by atoms with Crippen molar-refractivity contribution in [2.24, 2.45) is 0 Å². The molecule has 4 heteroatoms. The summed E-state index contributed by atoms with van der Waals surface area (Å²) in [6.45, 7) is 0. The summed E-state index contributed by atoms with van der Waals surface area (Å²) in [5, 5.41) is 0. The van der Waals surface area contributed by atoms with Gasteiger partial charge < -0.3 is 1.43 Å². The van der Waals surface area contributed by atoms with Gasteiger partial charge in [-0.15, -0.1) is 0 Å². The standard InChI is InChI=1S/Cu.Fe.K.Mn.H/q;;+1;;-1. The fourth-order valence-electron chi connectivity index (χ4n) is 0. The molecule has 0 aliphatic heterocycles. The molecular formula is HCuFeKMn. The van der Waals surface area contributed by atoms with E-state index in [0.717, 1.165) is 0 Å². The van der Waals surface area contributed by atoms with Crippen LogP contribution in [0.3, 0.4) is 0 Å². The predicted octanol–water partition coefficient (Wildman–Crippen LogP) is -2.89. The van der Waals surface area contributed by atoms with Gasteiger partial charge in [-0.05, 0) is 0 Å². The van der Waals surface area contributed by atoms with Crippen molar-refractivity contribution in [1.29, 1.82) is 0 Å². The van der Waals surface area contributed by atoms with Crippen LogP contribution in [0, 0.1) is 0 Å². The molecule has 0 aliphatic rings. The van der Waals surface area contributed by atoms with Gasteiger partial charge >= 0.3 is 51.4 Å². The topological polar surface area (TPSA) is 0 Å². The van der Waals surface area contributed by atoms with Crippen LogP contribution in [0.2, 0.25) is 0 Å². The van der Waals surface area contributed by atoms with Crippen molar-refractivity contribution in [2.45, 2.75) is 0 Å². The summed E-state index contributed by atoms with van der Waals surface area (Å²) < 4.78 is 0. The molecule has 0 aromatic carbocycles. The molecule has 4 heavy (non-hydrogen) atoms. The molecule has 0 spiro atoms. The van der Waals surface area contributed by atoms with E-state index in [9.17, 15) is 0 Å². The van der Waals surface area contributed by atoms with Gasteiger partial charge in [0.05, 0.1) is 0 Å². The first-order valence-electron chi connectivity index (χ1n) is 0. The van der Waals surface area contributed by atoms with Gasteiger partial charge in [0.1, 0.15) is 0 Å². The molecule has 28 valence electrons. The second-order valence-electron chi connectivity index (χ2n) is 0. The Bertz CT molecular complexity index is 11.6. The summed E-state index contributed by atoms with van der Waals surface area (Å²) >= 11 is 0. The summed E-state index contributed by atoms with van der Waals surface area (Å²) in [7, 11) is 0. The number of hydrogen-bond donors (Lipinski definition) is 0. The van der Waals surface area contributed by atoms with Crippen LogP contribution < -0.4 is 51.4 Å². The number of rotatable bonds is 0. The quantitative estimate of drug-likeness (QED) is 0.380. The van der Waals surface area contributed by atoms with Crippen molar-refractivity contribution < 1.29 is 104 Å². The Morgan fingerprint density at radius 1 is 1.25 bits per heavy atom. The zero-order valence-corrected chi connectivity index (χ0v) is 8.38. The minimum absolute atomic E-state index is 0. The minimum atomic E-state index is 0. The molecule has 0 saturated carbocycles. The van der Waals surface area contributed by atoms with Crippen LogP contribution in [0.25, 0.3) is 0 Å². The zero-order chi connectivity index (χ0) is 0. The van der Waals surface area contributed by atoms with E-state index in [1.165, 1.54) is 0 Å². The van der Waals surface area contributed by atoms with E-state index in [0.29, 0.717) is 0 Å². The van der Waals surface area contributed by atoms with Gasteiger partial charge in [-0.25, -0.2) is 0 Å². The molecule has 0 rings (SSSR count). The van der Waals surface area contributed by atoms with Gasteiger partial charge in [-0.1, -0.05) is 0 Å². The Kier molecular flexibility index (Phi) is 111. The second kappa shape index (κ2) is 16.4. The number of hydrogen-bond acceptors (Lipinski definition) is 0. The Morgan fingerprint density at radius 3 is 1.25 bits per heavy atom. The van der Waals surface area contributed by atoms with E-state index in [2.05, 4.69) is 0 Å². The van der Waals surface area contributed by atoms with Gasteiger partial charge in [0.15, 0.2) is 0 Å². The Balaban J connectivity index is 0. The molecule has 0 atom stereocenters. The van der Waals surface area contributed by atoms with Crippen molar-refractivity contribution in [3.63, 3.8) is 0 Å². The van der Waals surface area contributed by atoms with Crippen molar-refractivity contribution in [3.8, 4) is 0 Å². The van der Waals surface area contributed by atoms with E-state index in [-0.39, 0.29) is 104 Å². The first-order valence-corrected chi connectivity index (χ1v) is 0. The fourth-order valence-corrected chi connectivity index (χ4v) is 0. The molecule has 0 amide bonds. The minimum Gasteiger partial charge on any atom is -1.00 e. The van der Waals surface area contributed by atoms with E-state index < -0.39 is 0 Å². The third-order valence-corrected chi connectivity index (χ3v) is 0. The molecule has 0 aromatic heterocycles. The molecular weight excluding hydrogens is 213 g/mol. The molecule has 0 nitrogen and oxygen atoms in total. The third kappa shape index (κ3) is 8.96. The van der Waals surface area contributed by atoms with Crippen LogP contribution in [0.4, 0.5) is 0 Å². The maximum atomic E-state index is 0. The molecule has 0 heterocycles. The van der Waals surface area contributed by atoms with Crippen LogP contribution in [-0.4, -0.2) is 0 Å². The Labute approximate surface area is 102 Å². The van der Waals surface area contributed by atoms with E-state index in [1.807, 2.05) is 0 Å². The monoisotopic (exact) mass is 214 g/mol. The molecule has 0 aliphatic carbocycles. The Hall–Kier alpha value is 3.19. The van der Waals surface area contributed by atoms with Crippen LogP contribution >= 0.6 is 0 Å². The van der Waals surface area contributed by atoms with Gasteiger partial charge in [-0.2, -0.15) is 0 Å². The van der Waals surface area contributed by atoms with Gasteiger partial charge in [0, 0.05) is 51.2 Å². The van der Waals surface area contributed by atoms with Crippen molar-refractivity contribution in [2.75, 3.05) is 0 Å². The normalized spacial score (nSPS) is 0. The van der Waals surface area contributed by atoms with Gasteiger partial charge in [0.2, 0.25) is 0 Å². The molecule has 0 aromatic rings. The first kappa shape index (κ1) is 27.1. The second-order valence-corrected chi connectivity index (χ2v) is 0. The van der Waals surface area contributed by atoms with Crippen molar-refractivity contribution in [3.05, 3.63) is 0 Å². The summed E-state index contributed by atoms with van der Waals surface area (Å²) in [4.78, 5) is 0. The maximum Gasteiger partial charge on any atom is 1.00 e. The van der Waals surface area contributed by atoms with Gasteiger partial charge in [0.25, 0.3) is 0 Å². The predicted molar refractivity (Wildman–Crippen MR) is 1.11 cm³/mol. The van der Waals surface area contributed by atoms with Crippen molar-refractivity contribution in [1.82, 2.24) is 0 Å². The summed E-state index contributed by atoms with van der Waals surface area (Å²) in [6.07, 6.45) is 0. The van der Waals surface area contributed by atoms with Crippen LogP contribution in [-0.2, 0) is 51.2 Å². The summed E-state index contributed by atoms with van der Waals surface area (Å²) in [5.74, 6) is 0. The largest absolute Gasteiger partial charge is 1.00 e. The molecule has 0 bridgehead atoms. The summed E-state index contributed by atoms with van der Waals surface area (Å²) in [5.41, 5.74) is 0. The van der Waals surface area contributed by atoms with Crippen LogP contribution in [0.5, 0.6) is 0 Å². The van der Waals surface area contributed by atoms with E-state index in [4.69, 9.17) is 0 Å². The fraction of sp³-hybridized carbons (Fsp3) is 0. The van der Waals surface area contributed by atoms with E-state index >= 15 is 0 Å². The Morgan fingerprint density at radius 2 is 1.25 bits per heavy atom. The SMILES string of the molecule is [Cu].[Fe].[H-].[K+].[Mn]. The smallest absolute Gasteiger partial charge is 1.00 e. The van der Waals surface area contributed by atoms with Gasteiger partial charge in [-0.3, -0.25) is 0 Å². The van der Waals surface area contributed by atoms with E-state index in [1.54, 1.807) is 0 Å². The third-order valence-electron chi connectivity index (χ3n) is 0. The zero-order valence-electron chi connectivity index (χ0n) is 3.03. The summed E-state index contributed by atoms with van der Waals surface area (Å²) in [6, 6.07) is 0. The molecule has 0 N–H and O–H groups in total. The average Bonchev–Trinajstić information content (AvgIpc) is 0. The maximum absolute atomic E-state index is 0. The molecule has 0 unspecified atom stereocenters. The average molecular weight is 214 g/mol.